The highest BCUT2D eigenvalue weighted by Gasteiger charge is 1.91. The van der Waals surface area contributed by atoms with E-state index in [9.17, 15) is 9.18 Å². The summed E-state index contributed by atoms with van der Waals surface area (Å²) in [6.45, 7) is 0.00968. The third-order valence-electron chi connectivity index (χ3n) is 0.599. The van der Waals surface area contributed by atoms with Gasteiger partial charge in [-0.1, -0.05) is 6.08 Å². The Bertz CT molecular complexity index is 111. The van der Waals surface area contributed by atoms with Crippen molar-refractivity contribution in [1.29, 1.82) is 0 Å². The molecule has 9 heavy (non-hydrogen) atoms. The monoisotopic (exact) mass is 134 g/mol. The Labute approximate surface area is 51.7 Å². The summed E-state index contributed by atoms with van der Waals surface area (Å²) < 4.78 is 15.2. The van der Waals surface area contributed by atoms with Crippen LogP contribution in [0, 0.1) is 0 Å². The Balaban J connectivity index is 3.01. The minimum absolute atomic E-state index is 0.00968. The number of hydrogen-bond donors (Lipinski definition) is 1. The number of carboxylic acid groups (broad SMARTS) is 1. The molecule has 0 atom stereocenters. The van der Waals surface area contributed by atoms with Crippen LogP contribution in [0.15, 0.2) is 12.4 Å². The maximum absolute atomic E-state index is 11.1. The van der Waals surface area contributed by atoms with Gasteiger partial charge >= 0.3 is 6.16 Å². The number of ether oxygens (including phenoxy) is 1. The Morgan fingerprint density at radius 1 is 1.78 bits per heavy atom. The van der Waals surface area contributed by atoms with Gasteiger partial charge in [-0.05, 0) is 0 Å². The average molecular weight is 134 g/mol. The van der Waals surface area contributed by atoms with Crippen molar-refractivity contribution in [2.75, 3.05) is 6.61 Å². The lowest BCUT2D eigenvalue weighted by atomic mass is 10.4. The maximum Gasteiger partial charge on any atom is 0.505 e. The number of rotatable bonds is 3. The molecule has 0 radical (unpaired) electrons. The molecule has 3 nitrogen and oxygen atoms in total. The molecule has 0 aliphatic rings. The molecule has 0 aliphatic heterocycles. The summed E-state index contributed by atoms with van der Waals surface area (Å²) in [4.78, 5) is 9.62. The van der Waals surface area contributed by atoms with Crippen molar-refractivity contribution in [1.82, 2.24) is 0 Å². The molecular formula is C5H7FO3. The van der Waals surface area contributed by atoms with Gasteiger partial charge in [0.15, 0.2) is 0 Å². The molecule has 0 saturated carbocycles. The molecule has 0 amide bonds. The fourth-order valence-electron chi connectivity index (χ4n) is 0.277. The molecule has 0 spiro atoms. The van der Waals surface area contributed by atoms with Crippen molar-refractivity contribution in [2.45, 2.75) is 6.42 Å². The van der Waals surface area contributed by atoms with Crippen LogP contribution >= 0.6 is 0 Å². The molecule has 0 aromatic heterocycles. The molecule has 0 aliphatic carbocycles. The van der Waals surface area contributed by atoms with E-state index in [0.717, 1.165) is 0 Å². The molecule has 4 heteroatoms. The average Bonchev–Trinajstić information content (AvgIpc) is 1.80. The van der Waals surface area contributed by atoms with Crippen molar-refractivity contribution in [3.05, 3.63) is 12.4 Å². The molecule has 0 aromatic rings. The van der Waals surface area contributed by atoms with Crippen LogP contribution in [-0.4, -0.2) is 17.9 Å². The van der Waals surface area contributed by atoms with E-state index in [1.807, 2.05) is 0 Å². The van der Waals surface area contributed by atoms with Gasteiger partial charge in [0, 0.05) is 6.42 Å². The van der Waals surface area contributed by atoms with Gasteiger partial charge in [-0.25, -0.2) is 9.18 Å². The van der Waals surface area contributed by atoms with Crippen molar-refractivity contribution in [3.63, 3.8) is 0 Å². The van der Waals surface area contributed by atoms with Crippen LogP contribution in [0.2, 0.25) is 0 Å². The minimum atomic E-state index is -1.33. The van der Waals surface area contributed by atoms with Gasteiger partial charge in [0.2, 0.25) is 0 Å². The largest absolute Gasteiger partial charge is 0.505 e. The molecule has 52 valence electrons. The second kappa shape index (κ2) is 5.08. The number of halogens is 1. The van der Waals surface area contributed by atoms with Crippen molar-refractivity contribution in [3.8, 4) is 0 Å². The minimum Gasteiger partial charge on any atom is -0.450 e. The van der Waals surface area contributed by atoms with Crippen LogP contribution in [0.3, 0.4) is 0 Å². The van der Waals surface area contributed by atoms with Gasteiger partial charge in [-0.2, -0.15) is 0 Å². The van der Waals surface area contributed by atoms with Crippen LogP contribution < -0.4 is 0 Å². The van der Waals surface area contributed by atoms with E-state index in [0.29, 0.717) is 6.33 Å². The van der Waals surface area contributed by atoms with E-state index in [1.165, 1.54) is 6.08 Å². The first-order valence-electron chi connectivity index (χ1n) is 2.38. The van der Waals surface area contributed by atoms with Crippen LogP contribution in [0.5, 0.6) is 0 Å². The van der Waals surface area contributed by atoms with E-state index in [-0.39, 0.29) is 13.0 Å². The second-order valence-corrected chi connectivity index (χ2v) is 1.26. The summed E-state index contributed by atoms with van der Waals surface area (Å²) in [5.41, 5.74) is 0. The lowest BCUT2D eigenvalue weighted by Crippen LogP contribution is -2.00. The summed E-state index contributed by atoms with van der Waals surface area (Å²) in [6.07, 6.45) is 0.485. The highest BCUT2D eigenvalue weighted by molar-refractivity contribution is 5.56. The fourth-order valence-corrected chi connectivity index (χ4v) is 0.277. The van der Waals surface area contributed by atoms with E-state index in [1.54, 1.807) is 0 Å². The van der Waals surface area contributed by atoms with Crippen LogP contribution in [0.25, 0.3) is 0 Å². The zero-order chi connectivity index (χ0) is 7.11. The summed E-state index contributed by atoms with van der Waals surface area (Å²) >= 11 is 0. The molecule has 1 N–H and O–H groups in total. The Morgan fingerprint density at radius 2 is 2.44 bits per heavy atom. The molecule has 0 unspecified atom stereocenters. The number of carbonyl (C=O) groups is 1. The standard InChI is InChI=1S/C5H7FO3/c6-3-1-2-4-9-5(7)8/h1,3H,2,4H2,(H,7,8). The fraction of sp³-hybridized carbons (Fsp3) is 0.400. The lowest BCUT2D eigenvalue weighted by Gasteiger charge is -1.92. The first kappa shape index (κ1) is 7.94. The van der Waals surface area contributed by atoms with Crippen molar-refractivity contribution >= 4 is 6.16 Å². The molecular weight excluding hydrogens is 127 g/mol. The summed E-state index contributed by atoms with van der Waals surface area (Å²) in [5.74, 6) is 0. The van der Waals surface area contributed by atoms with Crippen LogP contribution in [0.4, 0.5) is 9.18 Å². The van der Waals surface area contributed by atoms with Crippen LogP contribution in [-0.2, 0) is 4.74 Å². The molecule has 0 rings (SSSR count). The predicted molar refractivity (Wildman–Crippen MR) is 28.8 cm³/mol. The van der Waals surface area contributed by atoms with Gasteiger partial charge in [-0.15, -0.1) is 0 Å². The van der Waals surface area contributed by atoms with E-state index < -0.39 is 6.16 Å². The van der Waals surface area contributed by atoms with Gasteiger partial charge in [0.05, 0.1) is 12.9 Å². The van der Waals surface area contributed by atoms with Gasteiger partial charge in [0.25, 0.3) is 0 Å². The summed E-state index contributed by atoms with van der Waals surface area (Å²) in [6, 6.07) is 0. The maximum atomic E-state index is 11.1. The zero-order valence-corrected chi connectivity index (χ0v) is 4.71. The molecule has 0 fully saturated rings. The zero-order valence-electron chi connectivity index (χ0n) is 4.71. The van der Waals surface area contributed by atoms with Crippen LogP contribution in [0.1, 0.15) is 6.42 Å². The van der Waals surface area contributed by atoms with E-state index in [2.05, 4.69) is 4.74 Å². The molecule has 0 bridgehead atoms. The molecule has 0 saturated heterocycles. The third-order valence-corrected chi connectivity index (χ3v) is 0.599. The Kier molecular flexibility index (Phi) is 4.49. The summed E-state index contributed by atoms with van der Waals surface area (Å²) in [5, 5.41) is 7.87. The van der Waals surface area contributed by atoms with E-state index >= 15 is 0 Å². The summed E-state index contributed by atoms with van der Waals surface area (Å²) in [7, 11) is 0. The van der Waals surface area contributed by atoms with Gasteiger partial charge < -0.3 is 9.84 Å². The Hall–Kier alpha value is -1.06. The highest BCUT2D eigenvalue weighted by atomic mass is 19.1. The van der Waals surface area contributed by atoms with Crippen molar-refractivity contribution < 1.29 is 19.0 Å². The first-order valence-corrected chi connectivity index (χ1v) is 2.38. The topological polar surface area (TPSA) is 46.5 Å². The predicted octanol–water partition coefficient (Wildman–Crippen LogP) is 1.55. The highest BCUT2D eigenvalue weighted by Crippen LogP contribution is 1.85. The Morgan fingerprint density at radius 3 is 2.89 bits per heavy atom. The molecule has 0 heterocycles. The first-order chi connectivity index (χ1) is 4.27. The van der Waals surface area contributed by atoms with E-state index in [4.69, 9.17) is 5.11 Å². The van der Waals surface area contributed by atoms with Gasteiger partial charge in [0.1, 0.15) is 0 Å². The van der Waals surface area contributed by atoms with Gasteiger partial charge in [-0.3, -0.25) is 0 Å². The normalized spacial score (nSPS) is 9.89. The van der Waals surface area contributed by atoms with Crippen molar-refractivity contribution in [2.24, 2.45) is 0 Å². The lowest BCUT2D eigenvalue weighted by molar-refractivity contribution is 0.0932. The third kappa shape index (κ3) is 6.94. The SMILES string of the molecule is O=C(O)OCCC=CF. The smallest absolute Gasteiger partial charge is 0.450 e. The quantitative estimate of drug-likeness (QED) is 0.470. The number of hydrogen-bond acceptors (Lipinski definition) is 2. The molecule has 0 aromatic carbocycles. The second-order valence-electron chi connectivity index (χ2n) is 1.26.